The number of amides is 1. The number of nitrogens with zero attached hydrogens (tertiary/aromatic N) is 3. The fourth-order valence-corrected chi connectivity index (χ4v) is 5.90. The lowest BCUT2D eigenvalue weighted by atomic mass is 9.96. The van der Waals surface area contributed by atoms with Crippen LogP contribution in [0.3, 0.4) is 0 Å². The zero-order chi connectivity index (χ0) is 27.5. The lowest BCUT2D eigenvalue weighted by Gasteiger charge is -2.28. The van der Waals surface area contributed by atoms with Crippen LogP contribution in [0, 0.1) is 13.8 Å². The van der Waals surface area contributed by atoms with E-state index in [1.54, 1.807) is 6.20 Å². The highest BCUT2D eigenvalue weighted by atomic mass is 35.5. The van der Waals surface area contributed by atoms with Gasteiger partial charge in [0.05, 0.1) is 17.8 Å². The number of thiocarbonyl (C=S) groups is 1. The summed E-state index contributed by atoms with van der Waals surface area (Å²) in [4.78, 5) is 19.8. The number of rotatable bonds is 8. The standard InChI is InChI=1S/C31H32ClN5OS/c1-4-22-9-5-6-10-26(22)34-28(38)16-18-36-30(29(35-31(36)39)27-11-7-8-17-33-27)25-19-20(2)37(21(25)3)24-14-12-23(32)13-15-24/h5-15,17,19,29-30H,4,16,18H2,1-3H3,(H,34,38)(H,35,39)/t29-,30+/m1/s1. The monoisotopic (exact) mass is 557 g/mol. The summed E-state index contributed by atoms with van der Waals surface area (Å²) in [6, 6.07) is 23.6. The number of benzene rings is 2. The lowest BCUT2D eigenvalue weighted by Crippen LogP contribution is -2.33. The van der Waals surface area contributed by atoms with Crippen LogP contribution < -0.4 is 10.6 Å². The predicted molar refractivity (Wildman–Crippen MR) is 161 cm³/mol. The van der Waals surface area contributed by atoms with Crippen molar-refractivity contribution in [2.24, 2.45) is 0 Å². The summed E-state index contributed by atoms with van der Waals surface area (Å²) < 4.78 is 2.23. The highest BCUT2D eigenvalue weighted by Crippen LogP contribution is 2.41. The molecule has 0 radical (unpaired) electrons. The quantitative estimate of drug-likeness (QED) is 0.236. The molecule has 2 atom stereocenters. The van der Waals surface area contributed by atoms with Gasteiger partial charge in [0.15, 0.2) is 5.11 Å². The van der Waals surface area contributed by atoms with E-state index in [1.807, 2.05) is 66.7 Å². The second-order valence-electron chi connectivity index (χ2n) is 9.77. The molecule has 1 fully saturated rings. The van der Waals surface area contributed by atoms with Gasteiger partial charge in [-0.15, -0.1) is 0 Å². The molecule has 0 spiro atoms. The summed E-state index contributed by atoms with van der Waals surface area (Å²) in [7, 11) is 0. The zero-order valence-corrected chi connectivity index (χ0v) is 23.9. The Labute approximate surface area is 240 Å². The van der Waals surface area contributed by atoms with Crippen LogP contribution in [-0.2, 0) is 11.2 Å². The van der Waals surface area contributed by atoms with Gasteiger partial charge in [-0.05, 0) is 92.1 Å². The first-order valence-corrected chi connectivity index (χ1v) is 14.0. The van der Waals surface area contributed by atoms with Crippen molar-refractivity contribution < 1.29 is 4.79 Å². The minimum absolute atomic E-state index is 0.0367. The van der Waals surface area contributed by atoms with E-state index in [2.05, 4.69) is 51.9 Å². The second-order valence-corrected chi connectivity index (χ2v) is 10.6. The predicted octanol–water partition coefficient (Wildman–Crippen LogP) is 6.71. The molecule has 4 aromatic rings. The van der Waals surface area contributed by atoms with Gasteiger partial charge in [0.1, 0.15) is 0 Å². The molecule has 2 N–H and O–H groups in total. The first-order chi connectivity index (χ1) is 18.9. The molecular formula is C31H32ClN5OS. The number of halogens is 1. The normalized spacial score (nSPS) is 16.8. The zero-order valence-electron chi connectivity index (χ0n) is 22.3. The van der Waals surface area contributed by atoms with Crippen LogP contribution in [0.4, 0.5) is 5.69 Å². The summed E-state index contributed by atoms with van der Waals surface area (Å²) in [5, 5.41) is 7.91. The molecule has 0 aliphatic carbocycles. The van der Waals surface area contributed by atoms with Crippen LogP contribution in [0.15, 0.2) is 79.0 Å². The third kappa shape index (κ3) is 5.56. The Morgan fingerprint density at radius 1 is 1.08 bits per heavy atom. The van der Waals surface area contributed by atoms with E-state index in [0.29, 0.717) is 23.1 Å². The van der Waals surface area contributed by atoms with Gasteiger partial charge in [0.2, 0.25) is 5.91 Å². The molecule has 1 aliphatic heterocycles. The van der Waals surface area contributed by atoms with Gasteiger partial charge in [-0.3, -0.25) is 9.78 Å². The molecule has 0 bridgehead atoms. The van der Waals surface area contributed by atoms with Gasteiger partial charge >= 0.3 is 0 Å². The average Bonchev–Trinajstić information content (AvgIpc) is 3.43. The van der Waals surface area contributed by atoms with Crippen LogP contribution in [0.25, 0.3) is 5.69 Å². The summed E-state index contributed by atoms with van der Waals surface area (Å²) >= 11 is 12.0. The van der Waals surface area contributed by atoms with Crippen LogP contribution in [-0.4, -0.2) is 32.0 Å². The van der Waals surface area contributed by atoms with E-state index < -0.39 is 0 Å². The molecular weight excluding hydrogens is 526 g/mol. The Bertz CT molecular complexity index is 1480. The molecule has 6 nitrogen and oxygen atoms in total. The van der Waals surface area contributed by atoms with Crippen LogP contribution >= 0.6 is 23.8 Å². The van der Waals surface area contributed by atoms with E-state index in [9.17, 15) is 4.79 Å². The Kier molecular flexibility index (Phi) is 8.00. The molecule has 200 valence electrons. The number of aromatic nitrogens is 2. The number of nitrogens with one attached hydrogen (secondary N) is 2. The number of pyridine rings is 1. The van der Waals surface area contributed by atoms with Gasteiger partial charge in [0, 0.05) is 46.9 Å². The van der Waals surface area contributed by atoms with Crippen molar-refractivity contribution in [1.29, 1.82) is 0 Å². The fraction of sp³-hybridized carbons (Fsp3) is 0.258. The topological polar surface area (TPSA) is 62.2 Å². The largest absolute Gasteiger partial charge is 0.352 e. The van der Waals surface area contributed by atoms with Crippen molar-refractivity contribution in [3.63, 3.8) is 0 Å². The molecule has 1 saturated heterocycles. The van der Waals surface area contributed by atoms with E-state index in [4.69, 9.17) is 23.8 Å². The van der Waals surface area contributed by atoms with Gasteiger partial charge in [-0.25, -0.2) is 0 Å². The Balaban J connectivity index is 1.46. The minimum atomic E-state index is -0.151. The summed E-state index contributed by atoms with van der Waals surface area (Å²) in [6.07, 6.45) is 2.96. The third-order valence-corrected chi connectivity index (χ3v) is 7.93. The SMILES string of the molecule is CCc1ccccc1NC(=O)CCN1C(=S)N[C@H](c2ccccn2)[C@@H]1c1cc(C)n(-c2ccc(Cl)cc2)c1C. The van der Waals surface area contributed by atoms with Crippen molar-refractivity contribution >= 4 is 40.5 Å². The smallest absolute Gasteiger partial charge is 0.226 e. The molecule has 8 heteroatoms. The van der Waals surface area contributed by atoms with Gasteiger partial charge in [0.25, 0.3) is 0 Å². The second kappa shape index (κ2) is 11.6. The number of carbonyl (C=O) groups excluding carboxylic acids is 1. The van der Waals surface area contributed by atoms with Gasteiger partial charge in [-0.1, -0.05) is 42.8 Å². The summed E-state index contributed by atoms with van der Waals surface area (Å²) in [5.41, 5.74) is 7.29. The molecule has 2 aromatic carbocycles. The van der Waals surface area contributed by atoms with Crippen molar-refractivity contribution in [2.45, 2.75) is 45.7 Å². The Morgan fingerprint density at radius 3 is 2.54 bits per heavy atom. The Hall–Kier alpha value is -3.68. The highest BCUT2D eigenvalue weighted by Gasteiger charge is 2.41. The van der Waals surface area contributed by atoms with E-state index in [1.165, 1.54) is 0 Å². The van der Waals surface area contributed by atoms with Crippen LogP contribution in [0.1, 0.15) is 53.6 Å². The van der Waals surface area contributed by atoms with Crippen molar-refractivity contribution in [3.05, 3.63) is 112 Å². The van der Waals surface area contributed by atoms with E-state index in [-0.39, 0.29) is 18.0 Å². The van der Waals surface area contributed by atoms with Crippen LogP contribution in [0.2, 0.25) is 5.02 Å². The van der Waals surface area contributed by atoms with E-state index in [0.717, 1.165) is 46.0 Å². The number of carbonyl (C=O) groups is 1. The maximum Gasteiger partial charge on any atom is 0.226 e. The van der Waals surface area contributed by atoms with Gasteiger partial charge in [-0.2, -0.15) is 0 Å². The number of para-hydroxylation sites is 1. The Morgan fingerprint density at radius 2 is 1.82 bits per heavy atom. The fourth-order valence-electron chi connectivity index (χ4n) is 5.44. The van der Waals surface area contributed by atoms with Gasteiger partial charge < -0.3 is 20.1 Å². The molecule has 0 saturated carbocycles. The molecule has 1 amide bonds. The number of aryl methyl sites for hydroxylation is 2. The van der Waals surface area contributed by atoms with E-state index >= 15 is 0 Å². The summed E-state index contributed by atoms with van der Waals surface area (Å²) in [5.74, 6) is -0.0367. The molecule has 39 heavy (non-hydrogen) atoms. The number of hydrogen-bond donors (Lipinski definition) is 2. The summed E-state index contributed by atoms with van der Waals surface area (Å²) in [6.45, 7) is 6.79. The molecule has 1 aliphatic rings. The first kappa shape index (κ1) is 26.9. The van der Waals surface area contributed by atoms with Crippen molar-refractivity contribution in [3.8, 4) is 5.69 Å². The van der Waals surface area contributed by atoms with Crippen molar-refractivity contribution in [2.75, 3.05) is 11.9 Å². The van der Waals surface area contributed by atoms with Crippen LogP contribution in [0.5, 0.6) is 0 Å². The molecule has 3 heterocycles. The average molecular weight is 558 g/mol. The third-order valence-electron chi connectivity index (χ3n) is 7.32. The first-order valence-electron chi connectivity index (χ1n) is 13.2. The molecule has 2 aromatic heterocycles. The van der Waals surface area contributed by atoms with Crippen molar-refractivity contribution in [1.82, 2.24) is 19.8 Å². The lowest BCUT2D eigenvalue weighted by molar-refractivity contribution is -0.116. The maximum atomic E-state index is 13.0. The number of hydrogen-bond acceptors (Lipinski definition) is 3. The molecule has 0 unspecified atom stereocenters. The maximum absolute atomic E-state index is 13.0. The molecule has 5 rings (SSSR count). The minimum Gasteiger partial charge on any atom is -0.352 e. The highest BCUT2D eigenvalue weighted by molar-refractivity contribution is 7.80. The number of anilines is 1.